The maximum Gasteiger partial charge on any atom is 0.119 e. The molecule has 3 heteroatoms. The van der Waals surface area contributed by atoms with Crippen LogP contribution in [-0.2, 0) is 11.7 Å². The number of phenolic OH excluding ortho intramolecular Hbond substituents is 1. The SMILES string of the molecule is CCN(CC)Cc1cccc(C)c1PC(CC)(CC)c1ccccc1O. The summed E-state index contributed by atoms with van der Waals surface area (Å²) >= 11 is 0. The highest BCUT2D eigenvalue weighted by atomic mass is 31.1. The van der Waals surface area contributed by atoms with Crippen molar-refractivity contribution in [2.75, 3.05) is 13.1 Å². The van der Waals surface area contributed by atoms with E-state index in [2.05, 4.69) is 63.8 Å². The monoisotopic (exact) mass is 371 g/mol. The van der Waals surface area contributed by atoms with Crippen molar-refractivity contribution in [3.8, 4) is 5.75 Å². The van der Waals surface area contributed by atoms with E-state index in [1.54, 1.807) is 0 Å². The number of aryl methyl sites for hydroxylation is 1. The largest absolute Gasteiger partial charge is 0.508 e. The van der Waals surface area contributed by atoms with Crippen LogP contribution in [0.2, 0.25) is 0 Å². The predicted octanol–water partition coefficient (Wildman–Crippen LogP) is 5.56. The van der Waals surface area contributed by atoms with Crippen molar-refractivity contribution >= 4 is 13.9 Å². The molecular formula is C23H34NOP. The molecule has 2 nitrogen and oxygen atoms in total. The Labute approximate surface area is 161 Å². The molecule has 2 rings (SSSR count). The minimum absolute atomic E-state index is 0.00450. The Balaban J connectivity index is 2.48. The van der Waals surface area contributed by atoms with Gasteiger partial charge in [-0.2, -0.15) is 0 Å². The molecule has 0 radical (unpaired) electrons. The summed E-state index contributed by atoms with van der Waals surface area (Å²) < 4.78 is 0. The number of para-hydroxylation sites is 1. The van der Waals surface area contributed by atoms with Gasteiger partial charge in [-0.1, -0.05) is 72.7 Å². The Morgan fingerprint density at radius 2 is 1.58 bits per heavy atom. The lowest BCUT2D eigenvalue weighted by atomic mass is 9.92. The Hall–Kier alpha value is -1.37. The summed E-state index contributed by atoms with van der Waals surface area (Å²) in [5.74, 6) is 0.433. The third-order valence-corrected chi connectivity index (χ3v) is 8.06. The second-order valence-corrected chi connectivity index (χ2v) is 8.71. The number of aromatic hydroxyl groups is 1. The first-order valence-corrected chi connectivity index (χ1v) is 10.9. The zero-order chi connectivity index (χ0) is 19.2. The molecule has 0 amide bonds. The summed E-state index contributed by atoms with van der Waals surface area (Å²) in [7, 11) is 0.653. The summed E-state index contributed by atoms with van der Waals surface area (Å²) in [6.07, 6.45) is 2.05. The highest BCUT2D eigenvalue weighted by molar-refractivity contribution is 7.48. The van der Waals surface area contributed by atoms with E-state index in [0.29, 0.717) is 14.3 Å². The van der Waals surface area contributed by atoms with Crippen LogP contribution in [0, 0.1) is 6.92 Å². The average molecular weight is 372 g/mol. The highest BCUT2D eigenvalue weighted by Crippen LogP contribution is 2.50. The van der Waals surface area contributed by atoms with E-state index in [4.69, 9.17) is 0 Å². The van der Waals surface area contributed by atoms with Crippen molar-refractivity contribution in [3.63, 3.8) is 0 Å². The molecular weight excluding hydrogens is 337 g/mol. The smallest absolute Gasteiger partial charge is 0.119 e. The molecule has 2 aromatic rings. The number of hydrogen-bond donors (Lipinski definition) is 1. The lowest BCUT2D eigenvalue weighted by Gasteiger charge is -2.35. The van der Waals surface area contributed by atoms with Crippen molar-refractivity contribution in [1.29, 1.82) is 0 Å². The fourth-order valence-corrected chi connectivity index (χ4v) is 5.50. The van der Waals surface area contributed by atoms with E-state index < -0.39 is 0 Å². The van der Waals surface area contributed by atoms with Gasteiger partial charge in [0.2, 0.25) is 0 Å². The summed E-state index contributed by atoms with van der Waals surface area (Å²) in [4.78, 5) is 2.47. The number of phenols is 1. The Bertz CT molecular complexity index is 705. The molecule has 0 aliphatic carbocycles. The first kappa shape index (κ1) is 20.9. The molecule has 1 N–H and O–H groups in total. The van der Waals surface area contributed by atoms with Gasteiger partial charge in [0.25, 0.3) is 0 Å². The van der Waals surface area contributed by atoms with Crippen molar-refractivity contribution < 1.29 is 5.11 Å². The van der Waals surface area contributed by atoms with Crippen LogP contribution in [0.25, 0.3) is 0 Å². The molecule has 0 aliphatic rings. The van der Waals surface area contributed by atoms with Crippen LogP contribution in [0.1, 0.15) is 57.2 Å². The molecule has 0 aliphatic heterocycles. The van der Waals surface area contributed by atoms with E-state index in [-0.39, 0.29) is 5.16 Å². The summed E-state index contributed by atoms with van der Waals surface area (Å²) in [5, 5.41) is 12.0. The molecule has 26 heavy (non-hydrogen) atoms. The van der Waals surface area contributed by atoms with Gasteiger partial charge >= 0.3 is 0 Å². The Morgan fingerprint density at radius 1 is 0.923 bits per heavy atom. The molecule has 1 unspecified atom stereocenters. The summed E-state index contributed by atoms with van der Waals surface area (Å²) in [5.41, 5.74) is 3.91. The molecule has 0 saturated heterocycles. The maximum atomic E-state index is 10.5. The molecule has 0 saturated carbocycles. The minimum Gasteiger partial charge on any atom is -0.508 e. The maximum absolute atomic E-state index is 10.5. The van der Waals surface area contributed by atoms with Crippen LogP contribution >= 0.6 is 8.58 Å². The fourth-order valence-electron chi connectivity index (χ4n) is 3.72. The zero-order valence-electron chi connectivity index (χ0n) is 17.0. The highest BCUT2D eigenvalue weighted by Gasteiger charge is 2.32. The van der Waals surface area contributed by atoms with Crippen molar-refractivity contribution in [2.45, 2.75) is 59.2 Å². The van der Waals surface area contributed by atoms with Crippen molar-refractivity contribution in [3.05, 3.63) is 59.2 Å². The predicted molar refractivity (Wildman–Crippen MR) is 116 cm³/mol. The second kappa shape index (κ2) is 9.53. The molecule has 0 heterocycles. The second-order valence-electron chi connectivity index (χ2n) is 7.00. The van der Waals surface area contributed by atoms with Gasteiger partial charge in [-0.25, -0.2) is 0 Å². The van der Waals surface area contributed by atoms with E-state index >= 15 is 0 Å². The van der Waals surface area contributed by atoms with Gasteiger partial charge in [-0.15, -0.1) is 0 Å². The number of benzene rings is 2. The van der Waals surface area contributed by atoms with Crippen molar-refractivity contribution in [1.82, 2.24) is 4.90 Å². The van der Waals surface area contributed by atoms with Gasteiger partial charge in [-0.05, 0) is 55.4 Å². The van der Waals surface area contributed by atoms with Gasteiger partial charge < -0.3 is 5.11 Å². The normalized spacial score (nSPS) is 12.4. The van der Waals surface area contributed by atoms with Gasteiger partial charge in [0.05, 0.1) is 0 Å². The third kappa shape index (κ3) is 4.48. The van der Waals surface area contributed by atoms with Gasteiger partial charge in [0, 0.05) is 17.3 Å². The van der Waals surface area contributed by atoms with E-state index in [1.165, 1.54) is 16.4 Å². The number of nitrogens with zero attached hydrogens (tertiary/aromatic N) is 1. The van der Waals surface area contributed by atoms with Crippen molar-refractivity contribution in [2.24, 2.45) is 0 Å². The molecule has 0 spiro atoms. The van der Waals surface area contributed by atoms with Crippen LogP contribution in [0.4, 0.5) is 0 Å². The molecule has 0 aromatic heterocycles. The first-order chi connectivity index (χ1) is 12.5. The lowest BCUT2D eigenvalue weighted by Crippen LogP contribution is -2.28. The van der Waals surface area contributed by atoms with Crippen LogP contribution in [-0.4, -0.2) is 23.1 Å². The molecule has 142 valence electrons. The van der Waals surface area contributed by atoms with E-state index in [0.717, 1.165) is 38.0 Å². The lowest BCUT2D eigenvalue weighted by molar-refractivity contribution is 0.296. The quantitative estimate of drug-likeness (QED) is 0.583. The molecule has 2 aromatic carbocycles. The molecule has 0 bridgehead atoms. The van der Waals surface area contributed by atoms with Gasteiger partial charge in [0.1, 0.15) is 5.75 Å². The van der Waals surface area contributed by atoms with Crippen LogP contribution in [0.15, 0.2) is 42.5 Å². The van der Waals surface area contributed by atoms with E-state index in [1.807, 2.05) is 18.2 Å². The fraction of sp³-hybridized carbons (Fsp3) is 0.478. The minimum atomic E-state index is -0.00450. The van der Waals surface area contributed by atoms with Crippen LogP contribution in [0.5, 0.6) is 5.75 Å². The molecule has 1 atom stereocenters. The first-order valence-electron chi connectivity index (χ1n) is 9.88. The Kier molecular flexibility index (Phi) is 7.68. The standard InChI is InChI=1S/C23H34NOP/c1-6-23(7-2,20-15-10-11-16-21(20)25)26-22-18(5)13-12-14-19(22)17-24(8-3)9-4/h10-16,25-26H,6-9,17H2,1-5H3. The summed E-state index contributed by atoms with van der Waals surface area (Å²) in [6.45, 7) is 14.3. The average Bonchev–Trinajstić information content (AvgIpc) is 2.66. The van der Waals surface area contributed by atoms with Crippen LogP contribution in [0.3, 0.4) is 0 Å². The zero-order valence-corrected chi connectivity index (χ0v) is 18.0. The van der Waals surface area contributed by atoms with Crippen LogP contribution < -0.4 is 5.30 Å². The molecule has 0 fully saturated rings. The van der Waals surface area contributed by atoms with E-state index in [9.17, 15) is 5.11 Å². The number of hydrogen-bond acceptors (Lipinski definition) is 2. The Morgan fingerprint density at radius 3 is 2.15 bits per heavy atom. The van der Waals surface area contributed by atoms with Gasteiger partial charge in [-0.3, -0.25) is 4.90 Å². The van der Waals surface area contributed by atoms with Gasteiger partial charge in [0.15, 0.2) is 0 Å². The topological polar surface area (TPSA) is 23.5 Å². The third-order valence-electron chi connectivity index (χ3n) is 5.64. The number of rotatable bonds is 9. The summed E-state index contributed by atoms with van der Waals surface area (Å²) in [6, 6.07) is 14.6.